The van der Waals surface area contributed by atoms with E-state index in [0.717, 1.165) is 24.2 Å². The molecule has 1 saturated carbocycles. The molecule has 0 aliphatic heterocycles. The third-order valence-electron chi connectivity index (χ3n) is 5.40. The molecule has 0 radical (unpaired) electrons. The van der Waals surface area contributed by atoms with Gasteiger partial charge in [0, 0.05) is 17.7 Å². The number of nitrogens with zero attached hydrogens (tertiary/aromatic N) is 2. The van der Waals surface area contributed by atoms with Gasteiger partial charge in [-0.1, -0.05) is 42.4 Å². The predicted molar refractivity (Wildman–Crippen MR) is 112 cm³/mol. The Hall–Kier alpha value is -3.40. The average Bonchev–Trinajstić information content (AvgIpc) is 3.39. The highest BCUT2D eigenvalue weighted by atomic mass is 32.1. The molecule has 1 aromatic heterocycles. The summed E-state index contributed by atoms with van der Waals surface area (Å²) in [6.45, 7) is -0.537. The van der Waals surface area contributed by atoms with Crippen LogP contribution in [-0.4, -0.2) is 28.4 Å². The standard InChI is InChI=1S/C21H18FN3O5S/c22-15-6-2-1-5-14(15)21(9-3-4-10-21)19(27)30-12-18(26)24-20-23-16-8-7-13(25(28)29)11-17(16)31-20/h1-2,5-8,11H,3-4,9-10,12H2,(H,23,24,26). The maximum absolute atomic E-state index is 14.4. The van der Waals surface area contributed by atoms with Crippen LogP contribution in [-0.2, 0) is 19.7 Å². The van der Waals surface area contributed by atoms with Crippen molar-refractivity contribution < 1.29 is 23.6 Å². The van der Waals surface area contributed by atoms with E-state index in [-0.39, 0.29) is 10.8 Å². The zero-order valence-corrected chi connectivity index (χ0v) is 17.1. The lowest BCUT2D eigenvalue weighted by molar-refractivity contribution is -0.384. The fraction of sp³-hybridized carbons (Fsp3) is 0.286. The fourth-order valence-electron chi connectivity index (χ4n) is 3.92. The zero-order valence-electron chi connectivity index (χ0n) is 16.3. The second-order valence-corrected chi connectivity index (χ2v) is 8.35. The van der Waals surface area contributed by atoms with E-state index < -0.39 is 34.6 Å². The molecule has 10 heteroatoms. The van der Waals surface area contributed by atoms with Crippen molar-refractivity contribution in [3.63, 3.8) is 0 Å². The summed E-state index contributed by atoms with van der Waals surface area (Å²) >= 11 is 1.08. The minimum absolute atomic E-state index is 0.0713. The van der Waals surface area contributed by atoms with Gasteiger partial charge in [0.25, 0.3) is 11.6 Å². The molecule has 1 aliphatic carbocycles. The van der Waals surface area contributed by atoms with Crippen molar-refractivity contribution >= 4 is 44.2 Å². The number of hydrogen-bond donors (Lipinski definition) is 1. The number of halogens is 1. The summed E-state index contributed by atoms with van der Waals surface area (Å²) in [6, 6.07) is 10.3. The highest BCUT2D eigenvalue weighted by molar-refractivity contribution is 7.22. The molecular weight excluding hydrogens is 425 g/mol. The first kappa shape index (κ1) is 20.9. The normalized spacial score (nSPS) is 15.0. The van der Waals surface area contributed by atoms with Gasteiger partial charge in [0.05, 0.1) is 20.6 Å². The lowest BCUT2D eigenvalue weighted by Gasteiger charge is -2.27. The van der Waals surface area contributed by atoms with Gasteiger partial charge in [-0.15, -0.1) is 0 Å². The molecule has 0 spiro atoms. The summed E-state index contributed by atoms with van der Waals surface area (Å²) in [5.74, 6) is -1.68. The molecule has 8 nitrogen and oxygen atoms in total. The molecule has 1 N–H and O–H groups in total. The topological polar surface area (TPSA) is 111 Å². The number of nitrogens with one attached hydrogen (secondary N) is 1. The minimum atomic E-state index is -1.08. The number of nitro benzene ring substituents is 1. The van der Waals surface area contributed by atoms with Gasteiger partial charge in [-0.25, -0.2) is 9.37 Å². The summed E-state index contributed by atoms with van der Waals surface area (Å²) in [6.07, 6.45) is 2.47. The smallest absolute Gasteiger partial charge is 0.317 e. The molecule has 2 aromatic carbocycles. The van der Waals surface area contributed by atoms with Crippen LogP contribution in [0.4, 0.5) is 15.2 Å². The molecule has 3 aromatic rings. The Bertz CT molecular complexity index is 1170. The van der Waals surface area contributed by atoms with Crippen LogP contribution in [0.1, 0.15) is 31.2 Å². The maximum atomic E-state index is 14.4. The van der Waals surface area contributed by atoms with Gasteiger partial charge in [-0.3, -0.25) is 25.0 Å². The number of non-ortho nitro benzene ring substituents is 1. The van der Waals surface area contributed by atoms with Crippen LogP contribution in [0, 0.1) is 15.9 Å². The van der Waals surface area contributed by atoms with Crippen molar-refractivity contribution in [3.05, 3.63) is 64.0 Å². The van der Waals surface area contributed by atoms with Gasteiger partial charge in [-0.05, 0) is 25.0 Å². The largest absolute Gasteiger partial charge is 0.455 e. The van der Waals surface area contributed by atoms with E-state index in [1.807, 2.05) is 0 Å². The van der Waals surface area contributed by atoms with Gasteiger partial charge >= 0.3 is 5.97 Å². The van der Waals surface area contributed by atoms with Crippen molar-refractivity contribution in [1.82, 2.24) is 4.98 Å². The molecule has 0 bridgehead atoms. The van der Waals surface area contributed by atoms with Crippen LogP contribution in [0.15, 0.2) is 42.5 Å². The summed E-state index contributed by atoms with van der Waals surface area (Å²) in [5, 5.41) is 13.7. The number of ether oxygens (including phenoxy) is 1. The molecule has 0 atom stereocenters. The van der Waals surface area contributed by atoms with Crippen molar-refractivity contribution in [2.24, 2.45) is 0 Å². The molecule has 1 amide bonds. The molecule has 1 aliphatic rings. The van der Waals surface area contributed by atoms with Gasteiger partial charge in [-0.2, -0.15) is 0 Å². The second kappa shape index (κ2) is 8.38. The lowest BCUT2D eigenvalue weighted by Crippen LogP contribution is -2.37. The van der Waals surface area contributed by atoms with E-state index in [2.05, 4.69) is 10.3 Å². The summed E-state index contributed by atoms with van der Waals surface area (Å²) < 4.78 is 20.2. The van der Waals surface area contributed by atoms with Crippen LogP contribution >= 0.6 is 11.3 Å². The first-order valence-corrected chi connectivity index (χ1v) is 10.5. The van der Waals surface area contributed by atoms with Gasteiger partial charge in [0.15, 0.2) is 11.7 Å². The Balaban J connectivity index is 1.43. The molecule has 4 rings (SSSR count). The number of carbonyl (C=O) groups excluding carboxylic acids is 2. The highest BCUT2D eigenvalue weighted by Gasteiger charge is 2.45. The van der Waals surface area contributed by atoms with E-state index in [1.165, 1.54) is 24.3 Å². The maximum Gasteiger partial charge on any atom is 0.317 e. The number of rotatable bonds is 6. The highest BCUT2D eigenvalue weighted by Crippen LogP contribution is 2.43. The Morgan fingerprint density at radius 3 is 2.68 bits per heavy atom. The van der Waals surface area contributed by atoms with Crippen LogP contribution in [0.5, 0.6) is 0 Å². The third kappa shape index (κ3) is 4.11. The Kier molecular flexibility index (Phi) is 5.64. The Labute approximate surface area is 180 Å². The van der Waals surface area contributed by atoms with E-state index in [4.69, 9.17) is 4.74 Å². The SMILES string of the molecule is O=C(COC(=O)C1(c2ccccc2F)CCCC1)Nc1nc2ccc([N+](=O)[O-])cc2s1. The minimum Gasteiger partial charge on any atom is -0.455 e. The van der Waals surface area contributed by atoms with Crippen LogP contribution in [0.3, 0.4) is 0 Å². The summed E-state index contributed by atoms with van der Waals surface area (Å²) in [4.78, 5) is 39.7. The van der Waals surface area contributed by atoms with E-state index >= 15 is 0 Å². The number of nitro groups is 1. The van der Waals surface area contributed by atoms with E-state index in [0.29, 0.717) is 28.6 Å². The molecular formula is C21H18FN3O5S. The molecule has 1 heterocycles. The predicted octanol–water partition coefficient (Wildman–Crippen LogP) is 4.34. The number of anilines is 1. The molecule has 0 unspecified atom stereocenters. The lowest BCUT2D eigenvalue weighted by atomic mass is 9.78. The van der Waals surface area contributed by atoms with Gasteiger partial charge in [0.1, 0.15) is 5.82 Å². The number of fused-ring (bicyclic) bond motifs is 1. The number of amides is 1. The quantitative estimate of drug-likeness (QED) is 0.345. The van der Waals surface area contributed by atoms with E-state index in [1.54, 1.807) is 18.2 Å². The summed E-state index contributed by atoms with van der Waals surface area (Å²) in [7, 11) is 0. The number of hydrogen-bond acceptors (Lipinski definition) is 7. The molecule has 1 fully saturated rings. The van der Waals surface area contributed by atoms with Crippen molar-refractivity contribution in [2.75, 3.05) is 11.9 Å². The second-order valence-electron chi connectivity index (χ2n) is 7.32. The molecule has 0 saturated heterocycles. The number of thiazole rings is 1. The van der Waals surface area contributed by atoms with Crippen molar-refractivity contribution in [3.8, 4) is 0 Å². The van der Waals surface area contributed by atoms with Gasteiger partial charge in [0.2, 0.25) is 0 Å². The Morgan fingerprint density at radius 1 is 1.23 bits per heavy atom. The number of carbonyl (C=O) groups is 2. The van der Waals surface area contributed by atoms with Crippen molar-refractivity contribution in [2.45, 2.75) is 31.1 Å². The monoisotopic (exact) mass is 443 g/mol. The molecule has 31 heavy (non-hydrogen) atoms. The summed E-state index contributed by atoms with van der Waals surface area (Å²) in [5.41, 5.74) is -0.351. The Morgan fingerprint density at radius 2 is 1.97 bits per heavy atom. The van der Waals surface area contributed by atoms with Crippen LogP contribution in [0.25, 0.3) is 10.2 Å². The molecule has 160 valence electrons. The van der Waals surface area contributed by atoms with Crippen LogP contribution < -0.4 is 5.32 Å². The first-order valence-electron chi connectivity index (χ1n) is 9.66. The third-order valence-corrected chi connectivity index (χ3v) is 6.33. The average molecular weight is 443 g/mol. The first-order chi connectivity index (χ1) is 14.9. The van der Waals surface area contributed by atoms with Crippen LogP contribution in [0.2, 0.25) is 0 Å². The zero-order chi connectivity index (χ0) is 22.0. The number of esters is 1. The number of benzene rings is 2. The van der Waals surface area contributed by atoms with Crippen molar-refractivity contribution in [1.29, 1.82) is 0 Å². The van der Waals surface area contributed by atoms with Gasteiger partial charge < -0.3 is 4.74 Å². The fourth-order valence-corrected chi connectivity index (χ4v) is 4.83. The van der Waals surface area contributed by atoms with E-state index in [9.17, 15) is 24.1 Å². The number of aromatic nitrogens is 1.